The largest absolute Gasteiger partial charge is 0.508 e. The van der Waals surface area contributed by atoms with Crippen LogP contribution in [0.5, 0.6) is 5.75 Å². The number of hydrogen-bond acceptors (Lipinski definition) is 1. The molecule has 1 aromatic carbocycles. The third kappa shape index (κ3) is 2.39. The second kappa shape index (κ2) is 3.58. The molecule has 1 nitrogen and oxygen atoms in total. The Bertz CT molecular complexity index is 233. The van der Waals surface area contributed by atoms with Crippen LogP contribution in [0.2, 0.25) is 13.1 Å². The molecule has 1 aromatic rings. The van der Waals surface area contributed by atoms with E-state index in [4.69, 9.17) is 0 Å². The van der Waals surface area contributed by atoms with Gasteiger partial charge in [0.05, 0.1) is 0 Å². The van der Waals surface area contributed by atoms with Crippen LogP contribution in [-0.2, 0) is 6.04 Å². The fourth-order valence-corrected chi connectivity index (χ4v) is 2.35. The van der Waals surface area contributed by atoms with Crippen LogP contribution in [0.3, 0.4) is 0 Å². The lowest BCUT2D eigenvalue weighted by atomic mass is 10.2. The summed E-state index contributed by atoms with van der Waals surface area (Å²) >= 11 is 0. The predicted octanol–water partition coefficient (Wildman–Crippen LogP) is 1.96. The lowest BCUT2D eigenvalue weighted by Gasteiger charge is -2.04. The Kier molecular flexibility index (Phi) is 2.71. The van der Waals surface area contributed by atoms with Gasteiger partial charge in [-0.1, -0.05) is 31.3 Å². The van der Waals surface area contributed by atoms with Crippen LogP contribution in [0, 0.1) is 0 Å². The molecule has 1 N–H and O–H groups in total. The van der Waals surface area contributed by atoms with Crippen LogP contribution in [0.25, 0.3) is 0 Å². The first-order valence-electron chi connectivity index (χ1n) is 3.97. The summed E-state index contributed by atoms with van der Waals surface area (Å²) in [4.78, 5) is 0. The summed E-state index contributed by atoms with van der Waals surface area (Å²) in [7, 11) is -0.585. The van der Waals surface area contributed by atoms with Gasteiger partial charge in [-0.2, -0.15) is 0 Å². The molecule has 2 heteroatoms. The summed E-state index contributed by atoms with van der Waals surface area (Å²) in [6.45, 7) is 4.57. The molecule has 0 aliphatic carbocycles. The molecule has 11 heavy (non-hydrogen) atoms. The average molecular weight is 166 g/mol. The zero-order valence-corrected chi connectivity index (χ0v) is 8.20. The Balaban J connectivity index is 2.78. The van der Waals surface area contributed by atoms with E-state index in [0.717, 1.165) is 11.6 Å². The normalized spacial score (nSPS) is 10.5. The zero-order valence-electron chi connectivity index (χ0n) is 7.04. The van der Waals surface area contributed by atoms with Crippen molar-refractivity contribution in [1.82, 2.24) is 0 Å². The molecule has 0 saturated carbocycles. The molecule has 0 fully saturated rings. The van der Waals surface area contributed by atoms with Crippen molar-refractivity contribution in [2.45, 2.75) is 19.1 Å². The third-order valence-electron chi connectivity index (χ3n) is 1.62. The van der Waals surface area contributed by atoms with Crippen LogP contribution in [-0.4, -0.2) is 13.9 Å². The van der Waals surface area contributed by atoms with Gasteiger partial charge in [0.15, 0.2) is 0 Å². The Morgan fingerprint density at radius 2 is 1.91 bits per heavy atom. The predicted molar refractivity (Wildman–Crippen MR) is 50.7 cm³/mol. The van der Waals surface area contributed by atoms with Gasteiger partial charge in [0.25, 0.3) is 0 Å². The van der Waals surface area contributed by atoms with Crippen molar-refractivity contribution in [3.63, 3.8) is 0 Å². The van der Waals surface area contributed by atoms with Crippen LogP contribution in [0.4, 0.5) is 0 Å². The Labute approximate surface area is 69.3 Å². The van der Waals surface area contributed by atoms with Crippen LogP contribution >= 0.6 is 0 Å². The molecule has 0 saturated heterocycles. The topological polar surface area (TPSA) is 20.2 Å². The summed E-state index contributed by atoms with van der Waals surface area (Å²) in [5.74, 6) is 0.453. The minimum atomic E-state index is -0.585. The van der Waals surface area contributed by atoms with Crippen molar-refractivity contribution < 1.29 is 5.11 Å². The van der Waals surface area contributed by atoms with Crippen molar-refractivity contribution in [3.8, 4) is 5.75 Å². The summed E-state index contributed by atoms with van der Waals surface area (Å²) in [6, 6.07) is 8.69. The van der Waals surface area contributed by atoms with E-state index >= 15 is 0 Å². The Hall–Kier alpha value is -0.763. The van der Waals surface area contributed by atoms with E-state index in [0.29, 0.717) is 5.75 Å². The van der Waals surface area contributed by atoms with Crippen LogP contribution in [0.15, 0.2) is 24.3 Å². The number of benzene rings is 1. The monoisotopic (exact) mass is 166 g/mol. The smallest absolute Gasteiger partial charge is 0.118 e. The molecule has 0 unspecified atom stereocenters. The summed E-state index contributed by atoms with van der Waals surface area (Å²) in [6.07, 6.45) is 0. The van der Waals surface area contributed by atoms with Gasteiger partial charge in [0.2, 0.25) is 0 Å². The van der Waals surface area contributed by atoms with Crippen molar-refractivity contribution in [1.29, 1.82) is 0 Å². The first-order chi connectivity index (χ1) is 5.20. The summed E-state index contributed by atoms with van der Waals surface area (Å²) in [5, 5.41) is 9.38. The Morgan fingerprint density at radius 3 is 2.45 bits per heavy atom. The maximum absolute atomic E-state index is 9.38. The maximum atomic E-state index is 9.38. The molecule has 0 aromatic heterocycles. The van der Waals surface area contributed by atoms with Gasteiger partial charge in [-0.05, 0) is 17.7 Å². The first kappa shape index (κ1) is 8.33. The number of phenolic OH excluding ortho intramolecular Hbond substituents is 1. The standard InChI is InChI=1S/C9H14OSi/c1-11(2)7-8-5-3-4-6-9(8)10/h3-6,10-11H,7H2,1-2H3. The number of aromatic hydroxyl groups is 1. The van der Waals surface area contributed by atoms with Gasteiger partial charge in [-0.15, -0.1) is 0 Å². The van der Waals surface area contributed by atoms with Crippen molar-refractivity contribution >= 4 is 8.80 Å². The lowest BCUT2D eigenvalue weighted by Crippen LogP contribution is -2.05. The Morgan fingerprint density at radius 1 is 1.27 bits per heavy atom. The third-order valence-corrected chi connectivity index (χ3v) is 2.88. The van der Waals surface area contributed by atoms with Crippen molar-refractivity contribution in [2.24, 2.45) is 0 Å². The molecule has 60 valence electrons. The van der Waals surface area contributed by atoms with Gasteiger partial charge in [0.1, 0.15) is 5.75 Å². The maximum Gasteiger partial charge on any atom is 0.118 e. The highest BCUT2D eigenvalue weighted by Gasteiger charge is 2.02. The minimum absolute atomic E-state index is 0.453. The highest BCUT2D eigenvalue weighted by Crippen LogP contribution is 2.16. The van der Waals surface area contributed by atoms with E-state index in [2.05, 4.69) is 13.1 Å². The molecule has 0 bridgehead atoms. The van der Waals surface area contributed by atoms with Gasteiger partial charge >= 0.3 is 0 Å². The van der Waals surface area contributed by atoms with Gasteiger partial charge < -0.3 is 5.11 Å². The zero-order chi connectivity index (χ0) is 8.27. The highest BCUT2D eigenvalue weighted by molar-refractivity contribution is 6.55. The fraction of sp³-hybridized carbons (Fsp3) is 0.333. The second-order valence-electron chi connectivity index (χ2n) is 3.23. The highest BCUT2D eigenvalue weighted by atomic mass is 28.3. The average Bonchev–Trinajstić information content (AvgIpc) is 1.93. The molecule has 0 amide bonds. The second-order valence-corrected chi connectivity index (χ2v) is 6.42. The SMILES string of the molecule is C[SiH](C)Cc1ccccc1O. The van der Waals surface area contributed by atoms with E-state index in [1.165, 1.54) is 0 Å². The van der Waals surface area contributed by atoms with E-state index in [-0.39, 0.29) is 0 Å². The number of rotatable bonds is 2. The van der Waals surface area contributed by atoms with Crippen LogP contribution in [0.1, 0.15) is 5.56 Å². The van der Waals surface area contributed by atoms with E-state index in [1.54, 1.807) is 6.07 Å². The molecule has 0 aliphatic heterocycles. The van der Waals surface area contributed by atoms with Gasteiger partial charge in [-0.25, -0.2) is 0 Å². The van der Waals surface area contributed by atoms with Gasteiger partial charge in [-0.3, -0.25) is 0 Å². The minimum Gasteiger partial charge on any atom is -0.508 e. The quantitative estimate of drug-likeness (QED) is 0.666. The fourth-order valence-electron chi connectivity index (χ4n) is 1.12. The number of para-hydroxylation sites is 1. The molecular weight excluding hydrogens is 152 g/mol. The molecular formula is C9H14OSi. The molecule has 0 spiro atoms. The van der Waals surface area contributed by atoms with Crippen LogP contribution < -0.4 is 0 Å². The van der Waals surface area contributed by atoms with Crippen molar-refractivity contribution in [3.05, 3.63) is 29.8 Å². The molecule has 1 rings (SSSR count). The lowest BCUT2D eigenvalue weighted by molar-refractivity contribution is 0.470. The summed E-state index contributed by atoms with van der Waals surface area (Å²) in [5.41, 5.74) is 1.11. The molecule has 0 radical (unpaired) electrons. The summed E-state index contributed by atoms with van der Waals surface area (Å²) < 4.78 is 0. The molecule has 0 aliphatic rings. The first-order valence-corrected chi connectivity index (χ1v) is 7.09. The molecule has 0 atom stereocenters. The number of phenols is 1. The van der Waals surface area contributed by atoms with Gasteiger partial charge in [0, 0.05) is 8.80 Å². The number of hydrogen-bond donors (Lipinski definition) is 1. The van der Waals surface area contributed by atoms with E-state index in [1.807, 2.05) is 18.2 Å². The van der Waals surface area contributed by atoms with E-state index < -0.39 is 8.80 Å². The molecule has 0 heterocycles. The van der Waals surface area contributed by atoms with Crippen molar-refractivity contribution in [2.75, 3.05) is 0 Å². The van der Waals surface area contributed by atoms with E-state index in [9.17, 15) is 5.11 Å².